The van der Waals surface area contributed by atoms with Crippen LogP contribution in [0.4, 0.5) is 8.78 Å². The summed E-state index contributed by atoms with van der Waals surface area (Å²) in [5.41, 5.74) is -0.834. The molecule has 0 bridgehead atoms. The number of amides is 1. The summed E-state index contributed by atoms with van der Waals surface area (Å²) in [5, 5.41) is 31.1. The maximum Gasteiger partial charge on any atom is 0.276 e. The fourth-order valence-electron chi connectivity index (χ4n) is 3.85. The van der Waals surface area contributed by atoms with Crippen molar-refractivity contribution in [2.75, 3.05) is 13.6 Å². The summed E-state index contributed by atoms with van der Waals surface area (Å²) in [5.74, 6) is -1.55. The smallest absolute Gasteiger partial charge is 0.276 e. The second-order valence-electron chi connectivity index (χ2n) is 8.27. The van der Waals surface area contributed by atoms with E-state index in [9.17, 15) is 18.7 Å². The molecule has 1 atom stereocenters. The number of hydrogen-bond donors (Lipinski definition) is 3. The molecule has 2 aliphatic rings. The summed E-state index contributed by atoms with van der Waals surface area (Å²) in [7, 11) is 1.63. The van der Waals surface area contributed by atoms with E-state index in [4.69, 9.17) is 5.26 Å². The zero-order valence-corrected chi connectivity index (χ0v) is 19.8. The molecule has 1 heterocycles. The van der Waals surface area contributed by atoms with Crippen LogP contribution in [0.2, 0.25) is 0 Å². The van der Waals surface area contributed by atoms with Gasteiger partial charge in [-0.15, -0.1) is 4.99 Å². The fraction of sp³-hybridized carbons (Fsp3) is 0.333. The third-order valence-electron chi connectivity index (χ3n) is 5.88. The predicted octanol–water partition coefficient (Wildman–Crippen LogP) is 3.01. The van der Waals surface area contributed by atoms with Gasteiger partial charge in [-0.05, 0) is 49.4 Å². The van der Waals surface area contributed by atoms with E-state index < -0.39 is 28.0 Å². The Morgan fingerprint density at radius 1 is 1.29 bits per heavy atom. The van der Waals surface area contributed by atoms with Crippen molar-refractivity contribution in [1.82, 2.24) is 15.6 Å². The Kier molecular flexibility index (Phi) is 7.05. The molecule has 0 saturated heterocycles. The van der Waals surface area contributed by atoms with Gasteiger partial charge in [-0.1, -0.05) is 42.1 Å². The Balaban J connectivity index is 1.71. The highest BCUT2D eigenvalue weighted by molar-refractivity contribution is 8.15. The van der Waals surface area contributed by atoms with Crippen LogP contribution < -0.4 is 10.6 Å². The van der Waals surface area contributed by atoms with Crippen LogP contribution in [0.1, 0.15) is 36.8 Å². The maximum absolute atomic E-state index is 14.7. The number of aliphatic hydroxyl groups is 1. The fourth-order valence-corrected chi connectivity index (χ4v) is 5.27. The van der Waals surface area contributed by atoms with Gasteiger partial charge < -0.3 is 15.7 Å². The molecule has 35 heavy (non-hydrogen) atoms. The molecule has 0 spiro atoms. The van der Waals surface area contributed by atoms with Crippen LogP contribution in [-0.2, 0) is 9.67 Å². The largest absolute Gasteiger partial charge is 0.380 e. The number of hydrazone groups is 1. The number of thioether (sulfide) groups is 1. The van der Waals surface area contributed by atoms with Crippen molar-refractivity contribution in [2.45, 2.75) is 36.2 Å². The molecule has 11 heteroatoms. The molecule has 1 unspecified atom stereocenters. The molecule has 4 rings (SSSR count). The number of nitrogens with one attached hydrogen (secondary N) is 2. The Morgan fingerprint density at radius 2 is 2.03 bits per heavy atom. The highest BCUT2D eigenvalue weighted by atomic mass is 32.2. The van der Waals surface area contributed by atoms with Crippen molar-refractivity contribution in [3.8, 4) is 6.19 Å². The Hall–Kier alpha value is -3.49. The van der Waals surface area contributed by atoms with E-state index in [0.717, 1.165) is 35.5 Å². The van der Waals surface area contributed by atoms with Crippen molar-refractivity contribution in [2.24, 2.45) is 10.1 Å². The molecule has 2 aromatic carbocycles. The summed E-state index contributed by atoms with van der Waals surface area (Å²) in [4.78, 5) is 16.0. The molecule has 2 aromatic rings. The standard InChI is InChI=1S/C24H24F2N6O2S/c1-28-22(30-15-27)29-13-5-10-24(16-6-3-2-4-7-16)32(21(33)23(34)11-12-23)31-20(35-24)18-14-17(25)8-9-19(18)26/h2-4,6-9,14,34H,5,10-13H2,1H3,(H2,28,29,30). The number of benzene rings is 2. The molecule has 0 aromatic heterocycles. The number of nitrogens with zero attached hydrogens (tertiary/aromatic N) is 4. The van der Waals surface area contributed by atoms with Gasteiger partial charge in [-0.2, -0.15) is 10.4 Å². The number of hydrogen-bond acceptors (Lipinski definition) is 6. The summed E-state index contributed by atoms with van der Waals surface area (Å²) >= 11 is 1.15. The minimum atomic E-state index is -1.52. The van der Waals surface area contributed by atoms with Gasteiger partial charge in [0, 0.05) is 19.2 Å². The molecule has 8 nitrogen and oxygen atoms in total. The second-order valence-corrected chi connectivity index (χ2v) is 9.54. The van der Waals surface area contributed by atoms with Crippen LogP contribution in [0.5, 0.6) is 0 Å². The van der Waals surface area contributed by atoms with Gasteiger partial charge in [0.15, 0.2) is 0 Å². The first-order chi connectivity index (χ1) is 16.8. The normalized spacial score (nSPS) is 20.7. The molecule has 1 aliphatic carbocycles. The molecule has 182 valence electrons. The van der Waals surface area contributed by atoms with Gasteiger partial charge in [0.25, 0.3) is 5.91 Å². The Morgan fingerprint density at radius 3 is 2.69 bits per heavy atom. The Labute approximate surface area is 205 Å². The van der Waals surface area contributed by atoms with Crippen molar-refractivity contribution >= 4 is 28.7 Å². The van der Waals surface area contributed by atoms with E-state index in [0.29, 0.717) is 38.2 Å². The van der Waals surface area contributed by atoms with Crippen LogP contribution in [0.15, 0.2) is 58.6 Å². The summed E-state index contributed by atoms with van der Waals surface area (Å²) in [6, 6.07) is 12.3. The van der Waals surface area contributed by atoms with Crippen LogP contribution >= 0.6 is 11.8 Å². The lowest BCUT2D eigenvalue weighted by Gasteiger charge is -2.37. The first-order valence-corrected chi connectivity index (χ1v) is 11.9. The third kappa shape index (κ3) is 4.99. The first kappa shape index (κ1) is 24.6. The lowest BCUT2D eigenvalue weighted by Crippen LogP contribution is -2.47. The van der Waals surface area contributed by atoms with E-state index in [2.05, 4.69) is 20.7 Å². The summed E-state index contributed by atoms with van der Waals surface area (Å²) < 4.78 is 28.7. The van der Waals surface area contributed by atoms with Gasteiger partial charge in [-0.3, -0.25) is 4.79 Å². The lowest BCUT2D eigenvalue weighted by molar-refractivity contribution is -0.146. The first-order valence-electron chi connectivity index (χ1n) is 11.1. The number of halogens is 2. The average Bonchev–Trinajstić information content (AvgIpc) is 3.51. The van der Waals surface area contributed by atoms with Crippen molar-refractivity contribution in [1.29, 1.82) is 5.26 Å². The van der Waals surface area contributed by atoms with Crippen molar-refractivity contribution < 1.29 is 18.7 Å². The van der Waals surface area contributed by atoms with Gasteiger partial charge in [0.1, 0.15) is 27.2 Å². The van der Waals surface area contributed by atoms with Gasteiger partial charge in [-0.25, -0.2) is 13.8 Å². The second kappa shape index (κ2) is 10.0. The number of nitriles is 1. The van der Waals surface area contributed by atoms with Gasteiger partial charge in [0.05, 0.1) is 0 Å². The Bertz CT molecular complexity index is 1210. The molecule has 1 amide bonds. The van der Waals surface area contributed by atoms with Crippen LogP contribution in [0, 0.1) is 23.1 Å². The molecule has 0 radical (unpaired) electrons. The minimum absolute atomic E-state index is 0.0508. The minimum Gasteiger partial charge on any atom is -0.380 e. The molecule has 1 saturated carbocycles. The van der Waals surface area contributed by atoms with Gasteiger partial charge >= 0.3 is 0 Å². The molecule has 1 fully saturated rings. The topological polar surface area (TPSA) is 113 Å². The van der Waals surface area contributed by atoms with E-state index in [1.165, 1.54) is 5.01 Å². The van der Waals surface area contributed by atoms with Crippen LogP contribution in [-0.4, -0.2) is 46.2 Å². The quantitative estimate of drug-likeness (QED) is 0.234. The molecular weight excluding hydrogens is 474 g/mol. The van der Waals surface area contributed by atoms with Gasteiger partial charge in [0.2, 0.25) is 12.2 Å². The van der Waals surface area contributed by atoms with E-state index in [1.54, 1.807) is 13.2 Å². The molecule has 1 aliphatic heterocycles. The third-order valence-corrected chi connectivity index (χ3v) is 7.33. The number of carbonyl (C=O) groups is 1. The SMILES string of the molecule is CN/C(=N/C#N)NCCCC1(c2ccccc2)SC(c2cc(F)ccc2F)=NN1C(=O)C1(O)CC1. The summed E-state index contributed by atoms with van der Waals surface area (Å²) in [6.45, 7) is 0.409. The van der Waals surface area contributed by atoms with Crippen LogP contribution in [0.25, 0.3) is 0 Å². The number of aliphatic imine (C=N–C) groups is 1. The zero-order chi connectivity index (χ0) is 25.1. The molecule has 3 N–H and O–H groups in total. The van der Waals surface area contributed by atoms with E-state index in [1.807, 2.05) is 30.3 Å². The zero-order valence-electron chi connectivity index (χ0n) is 19.0. The van der Waals surface area contributed by atoms with E-state index in [-0.39, 0.29) is 10.6 Å². The lowest BCUT2D eigenvalue weighted by atomic mass is 9.99. The predicted molar refractivity (Wildman–Crippen MR) is 129 cm³/mol. The maximum atomic E-state index is 14.7. The monoisotopic (exact) mass is 498 g/mol. The highest BCUT2D eigenvalue weighted by Crippen LogP contribution is 2.53. The summed E-state index contributed by atoms with van der Waals surface area (Å²) in [6.07, 6.45) is 3.21. The van der Waals surface area contributed by atoms with Crippen LogP contribution in [0.3, 0.4) is 0 Å². The number of guanidine groups is 1. The van der Waals surface area contributed by atoms with Crippen molar-refractivity contribution in [3.63, 3.8) is 0 Å². The highest BCUT2D eigenvalue weighted by Gasteiger charge is 2.58. The average molecular weight is 499 g/mol. The number of rotatable bonds is 7. The molecular formula is C24H24F2N6O2S. The number of carbonyl (C=O) groups excluding carboxylic acids is 1. The van der Waals surface area contributed by atoms with E-state index >= 15 is 0 Å². The van der Waals surface area contributed by atoms with Crippen molar-refractivity contribution in [3.05, 3.63) is 71.3 Å².